The molecule has 140 valence electrons. The van der Waals surface area contributed by atoms with Gasteiger partial charge >= 0.3 is 0 Å². The van der Waals surface area contributed by atoms with Crippen LogP contribution in [0.1, 0.15) is 42.1 Å². The SMILES string of the molecule is CCCCCOc1ccc(C(=O)Nc2cc(-c3ccc(C)cc3)no2)cc1. The Morgan fingerprint density at radius 1 is 1.07 bits per heavy atom. The third kappa shape index (κ3) is 5.20. The van der Waals surface area contributed by atoms with Gasteiger partial charge in [0.1, 0.15) is 11.4 Å². The molecular weight excluding hydrogens is 340 g/mol. The van der Waals surface area contributed by atoms with Gasteiger partial charge < -0.3 is 9.26 Å². The molecule has 0 spiro atoms. The highest BCUT2D eigenvalue weighted by Crippen LogP contribution is 2.22. The first-order valence-electron chi connectivity index (χ1n) is 9.23. The monoisotopic (exact) mass is 364 g/mol. The summed E-state index contributed by atoms with van der Waals surface area (Å²) in [4.78, 5) is 12.4. The van der Waals surface area contributed by atoms with E-state index >= 15 is 0 Å². The minimum absolute atomic E-state index is 0.251. The standard InChI is InChI=1S/C22H24N2O3/c1-3-4-5-14-26-19-12-10-18(11-13-19)22(25)23-21-15-20(24-27-21)17-8-6-16(2)7-9-17/h6-13,15H,3-5,14H2,1-2H3,(H,23,25). The van der Waals surface area contributed by atoms with Crippen LogP contribution >= 0.6 is 0 Å². The van der Waals surface area contributed by atoms with Gasteiger partial charge in [-0.2, -0.15) is 0 Å². The van der Waals surface area contributed by atoms with E-state index in [1.54, 1.807) is 30.3 Å². The van der Waals surface area contributed by atoms with Crippen LogP contribution in [0.15, 0.2) is 59.1 Å². The number of carbonyl (C=O) groups is 1. The van der Waals surface area contributed by atoms with Crippen molar-refractivity contribution in [2.45, 2.75) is 33.1 Å². The summed E-state index contributed by atoms with van der Waals surface area (Å²) < 4.78 is 10.9. The van der Waals surface area contributed by atoms with Gasteiger partial charge in [-0.3, -0.25) is 10.1 Å². The maximum absolute atomic E-state index is 12.4. The van der Waals surface area contributed by atoms with E-state index in [1.807, 2.05) is 31.2 Å². The molecule has 5 heteroatoms. The molecule has 1 amide bonds. The van der Waals surface area contributed by atoms with Crippen LogP contribution in [0.25, 0.3) is 11.3 Å². The van der Waals surface area contributed by atoms with E-state index in [2.05, 4.69) is 17.4 Å². The zero-order chi connectivity index (χ0) is 19.1. The predicted octanol–water partition coefficient (Wildman–Crippen LogP) is 5.47. The second kappa shape index (κ2) is 9.03. The molecular formula is C22H24N2O3. The Bertz CT molecular complexity index is 867. The van der Waals surface area contributed by atoms with E-state index in [4.69, 9.17) is 9.26 Å². The van der Waals surface area contributed by atoms with Gasteiger partial charge in [-0.1, -0.05) is 54.8 Å². The molecule has 0 atom stereocenters. The Morgan fingerprint density at radius 2 is 1.81 bits per heavy atom. The fraction of sp³-hybridized carbons (Fsp3) is 0.273. The third-order valence-corrected chi connectivity index (χ3v) is 4.23. The summed E-state index contributed by atoms with van der Waals surface area (Å²) in [6.07, 6.45) is 3.35. The summed E-state index contributed by atoms with van der Waals surface area (Å²) in [7, 11) is 0. The number of rotatable bonds is 8. The first-order chi connectivity index (χ1) is 13.2. The number of nitrogens with zero attached hydrogens (tertiary/aromatic N) is 1. The molecule has 0 saturated carbocycles. The Kier molecular flexibility index (Phi) is 6.26. The maximum Gasteiger partial charge on any atom is 0.258 e. The number of amides is 1. The highest BCUT2D eigenvalue weighted by molar-refractivity contribution is 6.03. The number of carbonyl (C=O) groups excluding carboxylic acids is 1. The zero-order valence-corrected chi connectivity index (χ0v) is 15.7. The van der Waals surface area contributed by atoms with Crippen molar-refractivity contribution in [3.8, 4) is 17.0 Å². The summed E-state index contributed by atoms with van der Waals surface area (Å²) in [6, 6.07) is 16.8. The van der Waals surface area contributed by atoms with Crippen molar-refractivity contribution in [3.63, 3.8) is 0 Å². The Balaban J connectivity index is 1.58. The smallest absolute Gasteiger partial charge is 0.258 e. The van der Waals surface area contributed by atoms with Crippen LogP contribution in [0.5, 0.6) is 5.75 Å². The number of hydrogen-bond donors (Lipinski definition) is 1. The summed E-state index contributed by atoms with van der Waals surface area (Å²) in [5.41, 5.74) is 3.33. The Labute approximate surface area is 159 Å². The van der Waals surface area contributed by atoms with Gasteiger partial charge in [0.05, 0.1) is 6.61 Å². The van der Waals surface area contributed by atoms with Gasteiger partial charge in [-0.15, -0.1) is 0 Å². The molecule has 0 aliphatic heterocycles. The number of unbranched alkanes of at least 4 members (excludes halogenated alkanes) is 2. The van der Waals surface area contributed by atoms with E-state index in [1.165, 1.54) is 5.56 Å². The summed E-state index contributed by atoms with van der Waals surface area (Å²) >= 11 is 0. The van der Waals surface area contributed by atoms with Gasteiger partial charge in [0, 0.05) is 17.2 Å². The molecule has 1 N–H and O–H groups in total. The largest absolute Gasteiger partial charge is 0.494 e. The van der Waals surface area contributed by atoms with Crippen molar-refractivity contribution in [2.24, 2.45) is 0 Å². The predicted molar refractivity (Wildman–Crippen MR) is 106 cm³/mol. The lowest BCUT2D eigenvalue weighted by molar-refractivity contribution is 0.102. The molecule has 2 aromatic carbocycles. The number of anilines is 1. The highest BCUT2D eigenvalue weighted by atomic mass is 16.5. The van der Waals surface area contributed by atoms with Crippen LogP contribution in [0.2, 0.25) is 0 Å². The lowest BCUT2D eigenvalue weighted by atomic mass is 10.1. The highest BCUT2D eigenvalue weighted by Gasteiger charge is 2.11. The van der Waals surface area contributed by atoms with Gasteiger partial charge in [0.25, 0.3) is 5.91 Å². The van der Waals surface area contributed by atoms with Gasteiger partial charge in [-0.25, -0.2) is 0 Å². The minimum atomic E-state index is -0.251. The molecule has 1 aromatic heterocycles. The molecule has 3 aromatic rings. The van der Waals surface area contributed by atoms with Crippen molar-refractivity contribution in [3.05, 3.63) is 65.7 Å². The molecule has 0 fully saturated rings. The van der Waals surface area contributed by atoms with Crippen molar-refractivity contribution in [2.75, 3.05) is 11.9 Å². The van der Waals surface area contributed by atoms with Gasteiger partial charge in [0.15, 0.2) is 0 Å². The number of nitrogens with one attached hydrogen (secondary N) is 1. The van der Waals surface area contributed by atoms with Crippen molar-refractivity contribution < 1.29 is 14.1 Å². The fourth-order valence-corrected chi connectivity index (χ4v) is 2.62. The third-order valence-electron chi connectivity index (χ3n) is 4.23. The average Bonchev–Trinajstić information content (AvgIpc) is 3.15. The molecule has 0 unspecified atom stereocenters. The summed E-state index contributed by atoms with van der Waals surface area (Å²) in [6.45, 7) is 4.88. The van der Waals surface area contributed by atoms with Crippen LogP contribution in [-0.4, -0.2) is 17.7 Å². The fourth-order valence-electron chi connectivity index (χ4n) is 2.62. The van der Waals surface area contributed by atoms with E-state index in [9.17, 15) is 4.79 Å². The molecule has 27 heavy (non-hydrogen) atoms. The molecule has 3 rings (SSSR count). The number of benzene rings is 2. The molecule has 0 saturated heterocycles. The average molecular weight is 364 g/mol. The first kappa shape index (κ1) is 18.7. The van der Waals surface area contributed by atoms with Crippen molar-refractivity contribution >= 4 is 11.8 Å². The van der Waals surface area contributed by atoms with E-state index < -0.39 is 0 Å². The molecule has 0 radical (unpaired) electrons. The zero-order valence-electron chi connectivity index (χ0n) is 15.7. The lowest BCUT2D eigenvalue weighted by Crippen LogP contribution is -2.11. The summed E-state index contributed by atoms with van der Waals surface area (Å²) in [5.74, 6) is 0.832. The van der Waals surface area contributed by atoms with Crippen LogP contribution in [0.3, 0.4) is 0 Å². The second-order valence-electron chi connectivity index (χ2n) is 6.48. The van der Waals surface area contributed by atoms with E-state index in [0.717, 1.165) is 30.6 Å². The first-order valence-corrected chi connectivity index (χ1v) is 9.23. The van der Waals surface area contributed by atoms with Crippen LogP contribution in [-0.2, 0) is 0 Å². The number of aromatic nitrogens is 1. The van der Waals surface area contributed by atoms with Crippen molar-refractivity contribution in [1.82, 2.24) is 5.16 Å². The van der Waals surface area contributed by atoms with Crippen LogP contribution in [0.4, 0.5) is 5.88 Å². The minimum Gasteiger partial charge on any atom is -0.494 e. The Morgan fingerprint density at radius 3 is 2.52 bits per heavy atom. The van der Waals surface area contributed by atoms with E-state index in [0.29, 0.717) is 23.7 Å². The normalized spacial score (nSPS) is 10.6. The quantitative estimate of drug-likeness (QED) is 0.538. The number of hydrogen-bond acceptors (Lipinski definition) is 4. The van der Waals surface area contributed by atoms with Crippen LogP contribution in [0, 0.1) is 6.92 Å². The molecule has 0 aliphatic carbocycles. The number of aryl methyl sites for hydroxylation is 1. The summed E-state index contributed by atoms with van der Waals surface area (Å²) in [5, 5.41) is 6.75. The van der Waals surface area contributed by atoms with E-state index in [-0.39, 0.29) is 5.91 Å². The van der Waals surface area contributed by atoms with Gasteiger partial charge in [0.2, 0.25) is 5.88 Å². The molecule has 5 nitrogen and oxygen atoms in total. The molecule has 0 aliphatic rings. The maximum atomic E-state index is 12.4. The van der Waals surface area contributed by atoms with Crippen LogP contribution < -0.4 is 10.1 Å². The second-order valence-corrected chi connectivity index (χ2v) is 6.48. The number of ether oxygens (including phenoxy) is 1. The lowest BCUT2D eigenvalue weighted by Gasteiger charge is -2.06. The molecule has 1 heterocycles. The topological polar surface area (TPSA) is 64.4 Å². The Hall–Kier alpha value is -3.08. The molecule has 0 bridgehead atoms. The van der Waals surface area contributed by atoms with Gasteiger partial charge in [-0.05, 0) is 37.6 Å². The van der Waals surface area contributed by atoms with Crippen molar-refractivity contribution in [1.29, 1.82) is 0 Å².